The van der Waals surface area contributed by atoms with Gasteiger partial charge in [0.2, 0.25) is 0 Å². The van der Waals surface area contributed by atoms with E-state index in [4.69, 9.17) is 5.26 Å². The summed E-state index contributed by atoms with van der Waals surface area (Å²) in [6.45, 7) is 6.19. The van der Waals surface area contributed by atoms with E-state index in [-0.39, 0.29) is 0 Å². The standard InChI is InChI=1S/C16H15N.C2H6/c1-2-3-13-4-8-15(9-5-13)16-10-6-14(12-17)7-11-16;1-2/h4-11H,2-3H2,1H3;1-2H3. The van der Waals surface area contributed by atoms with E-state index in [9.17, 15) is 0 Å². The molecule has 0 fully saturated rings. The van der Waals surface area contributed by atoms with Crippen molar-refractivity contribution >= 4 is 0 Å². The summed E-state index contributed by atoms with van der Waals surface area (Å²) in [4.78, 5) is 0. The van der Waals surface area contributed by atoms with E-state index >= 15 is 0 Å². The SMILES string of the molecule is CC.CCCc1ccc(-c2ccc(C#N)cc2)cc1. The highest BCUT2D eigenvalue weighted by molar-refractivity contribution is 5.64. The Labute approximate surface area is 116 Å². The van der Waals surface area contributed by atoms with Crippen LogP contribution in [0.15, 0.2) is 48.5 Å². The van der Waals surface area contributed by atoms with Crippen LogP contribution in [0.4, 0.5) is 0 Å². The minimum Gasteiger partial charge on any atom is -0.192 e. The third-order valence-corrected chi connectivity index (χ3v) is 2.84. The van der Waals surface area contributed by atoms with Gasteiger partial charge < -0.3 is 0 Å². The zero-order valence-corrected chi connectivity index (χ0v) is 12.0. The van der Waals surface area contributed by atoms with Crippen LogP contribution in [0.25, 0.3) is 11.1 Å². The van der Waals surface area contributed by atoms with E-state index in [1.165, 1.54) is 17.5 Å². The van der Waals surface area contributed by atoms with E-state index in [0.717, 1.165) is 12.0 Å². The van der Waals surface area contributed by atoms with E-state index < -0.39 is 0 Å². The molecule has 0 saturated heterocycles. The Morgan fingerprint density at radius 2 is 1.32 bits per heavy atom. The minimum atomic E-state index is 0.705. The van der Waals surface area contributed by atoms with Gasteiger partial charge in [-0.2, -0.15) is 5.26 Å². The van der Waals surface area contributed by atoms with Gasteiger partial charge in [-0.15, -0.1) is 0 Å². The van der Waals surface area contributed by atoms with Crippen LogP contribution < -0.4 is 0 Å². The lowest BCUT2D eigenvalue weighted by atomic mass is 10.0. The molecule has 0 N–H and O–H groups in total. The Morgan fingerprint density at radius 1 is 0.842 bits per heavy atom. The second-order valence-corrected chi connectivity index (χ2v) is 4.14. The van der Waals surface area contributed by atoms with E-state index in [0.29, 0.717) is 5.56 Å². The maximum Gasteiger partial charge on any atom is 0.0991 e. The molecule has 0 aliphatic carbocycles. The molecule has 0 amide bonds. The maximum absolute atomic E-state index is 8.74. The smallest absolute Gasteiger partial charge is 0.0991 e. The predicted molar refractivity (Wildman–Crippen MR) is 81.9 cm³/mol. The highest BCUT2D eigenvalue weighted by Gasteiger charge is 1.98. The molecule has 0 saturated carbocycles. The zero-order chi connectivity index (χ0) is 14.1. The molecule has 0 bridgehead atoms. The molecule has 1 heteroatoms. The van der Waals surface area contributed by atoms with Gasteiger partial charge in [0.25, 0.3) is 0 Å². The molecule has 0 aliphatic rings. The molecule has 0 radical (unpaired) electrons. The fraction of sp³-hybridized carbons (Fsp3) is 0.278. The number of benzene rings is 2. The lowest BCUT2D eigenvalue weighted by molar-refractivity contribution is 0.922. The largest absolute Gasteiger partial charge is 0.192 e. The number of aryl methyl sites for hydroxylation is 1. The van der Waals surface area contributed by atoms with Gasteiger partial charge in [-0.25, -0.2) is 0 Å². The van der Waals surface area contributed by atoms with Gasteiger partial charge in [0.15, 0.2) is 0 Å². The Kier molecular flexibility index (Phi) is 6.39. The summed E-state index contributed by atoms with van der Waals surface area (Å²) in [6, 6.07) is 18.5. The van der Waals surface area contributed by atoms with Gasteiger partial charge in [-0.05, 0) is 35.2 Å². The molecule has 0 aliphatic heterocycles. The summed E-state index contributed by atoms with van der Waals surface area (Å²) in [7, 11) is 0. The van der Waals surface area contributed by atoms with Crippen molar-refractivity contribution in [3.8, 4) is 17.2 Å². The van der Waals surface area contributed by atoms with E-state index in [1.54, 1.807) is 0 Å². The normalized spacial score (nSPS) is 9.16. The molecular formula is C18H21N. The van der Waals surface area contributed by atoms with Crippen molar-refractivity contribution < 1.29 is 0 Å². The van der Waals surface area contributed by atoms with Gasteiger partial charge in [0.05, 0.1) is 11.6 Å². The van der Waals surface area contributed by atoms with Crippen LogP contribution in [0.2, 0.25) is 0 Å². The molecule has 0 atom stereocenters. The van der Waals surface area contributed by atoms with Crippen LogP contribution in [0.3, 0.4) is 0 Å². The van der Waals surface area contributed by atoms with Crippen LogP contribution in [-0.4, -0.2) is 0 Å². The van der Waals surface area contributed by atoms with Crippen LogP contribution in [0.5, 0.6) is 0 Å². The van der Waals surface area contributed by atoms with Crippen molar-refractivity contribution in [3.63, 3.8) is 0 Å². The monoisotopic (exact) mass is 251 g/mol. The minimum absolute atomic E-state index is 0.705. The lowest BCUT2D eigenvalue weighted by Gasteiger charge is -2.03. The van der Waals surface area contributed by atoms with Crippen molar-refractivity contribution in [2.75, 3.05) is 0 Å². The van der Waals surface area contributed by atoms with Crippen molar-refractivity contribution in [2.24, 2.45) is 0 Å². The van der Waals surface area contributed by atoms with Gasteiger partial charge >= 0.3 is 0 Å². The first-order valence-electron chi connectivity index (χ1n) is 6.93. The highest BCUT2D eigenvalue weighted by atomic mass is 14.2. The molecule has 1 nitrogen and oxygen atoms in total. The molecule has 98 valence electrons. The van der Waals surface area contributed by atoms with Crippen molar-refractivity contribution in [2.45, 2.75) is 33.6 Å². The van der Waals surface area contributed by atoms with Crippen LogP contribution >= 0.6 is 0 Å². The Hall–Kier alpha value is -2.07. The third kappa shape index (κ3) is 4.26. The second-order valence-electron chi connectivity index (χ2n) is 4.14. The summed E-state index contributed by atoms with van der Waals surface area (Å²) in [6.07, 6.45) is 2.31. The lowest BCUT2D eigenvalue weighted by Crippen LogP contribution is -1.84. The fourth-order valence-corrected chi connectivity index (χ4v) is 1.89. The molecule has 19 heavy (non-hydrogen) atoms. The predicted octanol–water partition coefficient (Wildman–Crippen LogP) is 5.20. The van der Waals surface area contributed by atoms with Gasteiger partial charge in [-0.1, -0.05) is 63.6 Å². The van der Waals surface area contributed by atoms with Gasteiger partial charge in [-0.3, -0.25) is 0 Å². The highest BCUT2D eigenvalue weighted by Crippen LogP contribution is 2.20. The number of nitriles is 1. The third-order valence-electron chi connectivity index (χ3n) is 2.84. The zero-order valence-electron chi connectivity index (χ0n) is 12.0. The number of nitrogens with zero attached hydrogens (tertiary/aromatic N) is 1. The first-order chi connectivity index (χ1) is 9.33. The molecule has 0 aromatic heterocycles. The Bertz CT molecular complexity index is 515. The molecule has 2 aromatic carbocycles. The molecule has 2 rings (SSSR count). The number of hydrogen-bond donors (Lipinski definition) is 0. The van der Waals surface area contributed by atoms with E-state index in [1.807, 2.05) is 38.1 Å². The molecule has 0 unspecified atom stereocenters. The number of rotatable bonds is 3. The van der Waals surface area contributed by atoms with Crippen molar-refractivity contribution in [3.05, 3.63) is 59.7 Å². The molecule has 2 aromatic rings. The molecule has 0 spiro atoms. The topological polar surface area (TPSA) is 23.8 Å². The van der Waals surface area contributed by atoms with Crippen LogP contribution in [0.1, 0.15) is 38.3 Å². The second kappa shape index (κ2) is 8.11. The quantitative estimate of drug-likeness (QED) is 0.735. The van der Waals surface area contributed by atoms with Gasteiger partial charge in [0.1, 0.15) is 0 Å². The van der Waals surface area contributed by atoms with Crippen LogP contribution in [0, 0.1) is 11.3 Å². The van der Waals surface area contributed by atoms with Crippen molar-refractivity contribution in [1.29, 1.82) is 5.26 Å². The summed E-state index contributed by atoms with van der Waals surface area (Å²) < 4.78 is 0. The van der Waals surface area contributed by atoms with Gasteiger partial charge in [0, 0.05) is 0 Å². The Balaban J connectivity index is 0.000000861. The van der Waals surface area contributed by atoms with Crippen LogP contribution in [-0.2, 0) is 6.42 Å². The summed E-state index contributed by atoms with van der Waals surface area (Å²) in [5.74, 6) is 0. The molecular weight excluding hydrogens is 230 g/mol. The maximum atomic E-state index is 8.74. The fourth-order valence-electron chi connectivity index (χ4n) is 1.89. The Morgan fingerprint density at radius 3 is 1.74 bits per heavy atom. The van der Waals surface area contributed by atoms with E-state index in [2.05, 4.69) is 37.3 Å². The first-order valence-corrected chi connectivity index (χ1v) is 6.93. The summed E-state index contributed by atoms with van der Waals surface area (Å²) >= 11 is 0. The molecule has 0 heterocycles. The summed E-state index contributed by atoms with van der Waals surface area (Å²) in [5, 5.41) is 8.74. The number of hydrogen-bond acceptors (Lipinski definition) is 1. The van der Waals surface area contributed by atoms with Crippen molar-refractivity contribution in [1.82, 2.24) is 0 Å². The first kappa shape index (κ1) is 15.0. The summed E-state index contributed by atoms with van der Waals surface area (Å²) in [5.41, 5.74) is 4.45. The average Bonchev–Trinajstić information content (AvgIpc) is 2.51. The average molecular weight is 251 g/mol.